The van der Waals surface area contributed by atoms with Gasteiger partial charge in [-0.2, -0.15) is 0 Å². The molecule has 1 aliphatic heterocycles. The Balaban J connectivity index is 2.53. The Labute approximate surface area is 82.4 Å². The van der Waals surface area contributed by atoms with Gasteiger partial charge in [0.05, 0.1) is 18.6 Å². The van der Waals surface area contributed by atoms with Crippen molar-refractivity contribution in [1.29, 1.82) is 0 Å². The molecule has 0 aromatic heterocycles. The Hall–Kier alpha value is -0.650. The van der Waals surface area contributed by atoms with Gasteiger partial charge in [-0.25, -0.2) is 17.6 Å². The molecule has 1 saturated heterocycles. The average Bonchev–Trinajstić information content (AvgIpc) is 2.15. The van der Waals surface area contributed by atoms with Gasteiger partial charge in [0.25, 0.3) is 0 Å². The maximum Gasteiger partial charge on any atom is 0.340 e. The first-order valence-electron chi connectivity index (χ1n) is 4.38. The Morgan fingerprint density at radius 1 is 1.43 bits per heavy atom. The van der Waals surface area contributed by atoms with Crippen molar-refractivity contribution in [2.24, 2.45) is 5.92 Å². The van der Waals surface area contributed by atoms with Gasteiger partial charge in [-0.1, -0.05) is 0 Å². The molecule has 4 nitrogen and oxygen atoms in total. The van der Waals surface area contributed by atoms with E-state index in [1.54, 1.807) is 0 Å². The number of hydrogen-bond donors (Lipinski definition) is 0. The molecule has 0 N–H and O–H groups in total. The molecule has 0 aromatic rings. The Bertz CT molecular complexity index is 297. The van der Waals surface area contributed by atoms with E-state index in [-0.39, 0.29) is 24.3 Å². The number of methoxy groups -OCH3 is 1. The lowest BCUT2D eigenvalue weighted by atomic mass is 9.97. The van der Waals surface area contributed by atoms with Crippen LogP contribution in [0.3, 0.4) is 0 Å². The predicted octanol–water partition coefficient (Wildman–Crippen LogP) is 0.322. The average molecular weight is 224 g/mol. The van der Waals surface area contributed by atoms with E-state index in [1.165, 1.54) is 0 Å². The molecule has 1 heterocycles. The number of ether oxygens (including phenoxy) is 1. The van der Waals surface area contributed by atoms with Gasteiger partial charge in [-0.05, 0) is 12.8 Å². The van der Waals surface area contributed by atoms with Crippen LogP contribution < -0.4 is 0 Å². The van der Waals surface area contributed by atoms with E-state index in [0.717, 1.165) is 7.11 Å². The van der Waals surface area contributed by atoms with E-state index in [1.807, 2.05) is 0 Å². The van der Waals surface area contributed by atoms with Crippen molar-refractivity contribution >= 4 is 15.8 Å². The molecule has 14 heavy (non-hydrogen) atoms. The second kappa shape index (κ2) is 4.25. The van der Waals surface area contributed by atoms with Crippen LogP contribution in [0.25, 0.3) is 0 Å². The number of esters is 1. The van der Waals surface area contributed by atoms with E-state index in [0.29, 0.717) is 0 Å². The zero-order chi connectivity index (χ0) is 10.8. The summed E-state index contributed by atoms with van der Waals surface area (Å²) >= 11 is 0. The number of hydrogen-bond acceptors (Lipinski definition) is 4. The highest BCUT2D eigenvalue weighted by molar-refractivity contribution is 7.91. The number of carbonyl (C=O) groups is 1. The summed E-state index contributed by atoms with van der Waals surface area (Å²) in [6.45, 7) is 0. The molecule has 1 aliphatic rings. The van der Waals surface area contributed by atoms with Crippen molar-refractivity contribution in [1.82, 2.24) is 0 Å². The van der Waals surface area contributed by atoms with Gasteiger partial charge >= 0.3 is 5.97 Å². The molecule has 1 unspecified atom stereocenters. The summed E-state index contributed by atoms with van der Waals surface area (Å²) in [6.07, 6.45) is -1.27. The van der Waals surface area contributed by atoms with E-state index >= 15 is 0 Å². The molecule has 0 aliphatic carbocycles. The third-order valence-corrected chi connectivity index (χ3v) is 4.15. The van der Waals surface area contributed by atoms with Crippen LogP contribution in [-0.2, 0) is 19.4 Å². The van der Waals surface area contributed by atoms with Crippen LogP contribution in [0.2, 0.25) is 0 Å². The van der Waals surface area contributed by atoms with Crippen LogP contribution in [0.4, 0.5) is 4.39 Å². The Morgan fingerprint density at radius 2 is 1.93 bits per heavy atom. The van der Waals surface area contributed by atoms with Crippen LogP contribution in [-0.4, -0.2) is 39.2 Å². The fraction of sp³-hybridized carbons (Fsp3) is 0.875. The predicted molar refractivity (Wildman–Crippen MR) is 48.3 cm³/mol. The number of carbonyl (C=O) groups excluding carboxylic acids is 1. The van der Waals surface area contributed by atoms with Crippen molar-refractivity contribution in [3.63, 3.8) is 0 Å². The number of alkyl halides is 1. The molecule has 0 bridgehead atoms. The normalized spacial score (nSPS) is 24.1. The van der Waals surface area contributed by atoms with Crippen molar-refractivity contribution in [3.8, 4) is 0 Å². The Kier molecular flexibility index (Phi) is 3.47. The third-order valence-electron chi connectivity index (χ3n) is 2.44. The maximum atomic E-state index is 13.3. The van der Waals surface area contributed by atoms with Gasteiger partial charge in [-0.3, -0.25) is 0 Å². The number of halogens is 1. The lowest BCUT2D eigenvalue weighted by Crippen LogP contribution is -2.33. The molecule has 1 rings (SSSR count). The molecule has 0 radical (unpaired) electrons. The van der Waals surface area contributed by atoms with Crippen LogP contribution in [0.1, 0.15) is 12.8 Å². The second-order valence-electron chi connectivity index (χ2n) is 3.41. The second-order valence-corrected chi connectivity index (χ2v) is 5.72. The van der Waals surface area contributed by atoms with Gasteiger partial charge in [-0.15, -0.1) is 0 Å². The van der Waals surface area contributed by atoms with Crippen molar-refractivity contribution in [3.05, 3.63) is 0 Å². The SMILES string of the molecule is COC(=O)C(F)C1CCS(=O)(=O)CC1. The van der Waals surface area contributed by atoms with E-state index in [4.69, 9.17) is 0 Å². The largest absolute Gasteiger partial charge is 0.467 e. The fourth-order valence-corrected chi connectivity index (χ4v) is 3.03. The molecule has 0 aromatic carbocycles. The van der Waals surface area contributed by atoms with Crippen molar-refractivity contribution < 1.29 is 22.3 Å². The summed E-state index contributed by atoms with van der Waals surface area (Å²) in [6, 6.07) is 0. The minimum absolute atomic E-state index is 0.0327. The van der Waals surface area contributed by atoms with Crippen LogP contribution in [0.15, 0.2) is 0 Å². The molecule has 1 fully saturated rings. The zero-order valence-corrected chi connectivity index (χ0v) is 8.72. The van der Waals surface area contributed by atoms with Gasteiger partial charge in [0, 0.05) is 5.92 Å². The van der Waals surface area contributed by atoms with E-state index < -0.39 is 27.9 Å². The summed E-state index contributed by atoms with van der Waals surface area (Å²) in [4.78, 5) is 10.8. The molecular weight excluding hydrogens is 211 g/mol. The fourth-order valence-electron chi connectivity index (χ4n) is 1.51. The van der Waals surface area contributed by atoms with Gasteiger partial charge in [0.2, 0.25) is 0 Å². The van der Waals surface area contributed by atoms with Crippen molar-refractivity contribution in [2.45, 2.75) is 19.0 Å². The quantitative estimate of drug-likeness (QED) is 0.634. The van der Waals surface area contributed by atoms with Crippen molar-refractivity contribution in [2.75, 3.05) is 18.6 Å². The molecule has 0 spiro atoms. The highest BCUT2D eigenvalue weighted by atomic mass is 32.2. The third kappa shape index (κ3) is 2.67. The molecular formula is C8H13FO4S. The van der Waals surface area contributed by atoms with Gasteiger partial charge < -0.3 is 4.74 Å². The monoisotopic (exact) mass is 224 g/mol. The van der Waals surface area contributed by atoms with E-state index in [9.17, 15) is 17.6 Å². The summed E-state index contributed by atoms with van der Waals surface area (Å²) in [5, 5.41) is 0. The summed E-state index contributed by atoms with van der Waals surface area (Å²) < 4.78 is 39.6. The molecule has 0 amide bonds. The van der Waals surface area contributed by atoms with E-state index in [2.05, 4.69) is 4.74 Å². The van der Waals surface area contributed by atoms with Crippen LogP contribution in [0, 0.1) is 5.92 Å². The zero-order valence-electron chi connectivity index (χ0n) is 7.90. The maximum absolute atomic E-state index is 13.3. The smallest absolute Gasteiger partial charge is 0.340 e. The molecule has 6 heteroatoms. The van der Waals surface area contributed by atoms with Crippen LogP contribution in [0.5, 0.6) is 0 Å². The lowest BCUT2D eigenvalue weighted by molar-refractivity contribution is -0.148. The summed E-state index contributed by atoms with van der Waals surface area (Å²) in [5.41, 5.74) is 0. The molecule has 82 valence electrons. The standard InChI is InChI=1S/C8H13FO4S/c1-13-8(10)7(9)6-2-4-14(11,12)5-3-6/h6-7H,2-5H2,1H3. The molecule has 0 saturated carbocycles. The minimum atomic E-state index is -3.00. The highest BCUT2D eigenvalue weighted by Gasteiger charge is 2.34. The minimum Gasteiger partial charge on any atom is -0.467 e. The summed E-state index contributed by atoms with van der Waals surface area (Å²) in [7, 11) is -1.88. The highest BCUT2D eigenvalue weighted by Crippen LogP contribution is 2.24. The first-order valence-corrected chi connectivity index (χ1v) is 6.21. The van der Waals surface area contributed by atoms with Gasteiger partial charge in [0.15, 0.2) is 6.17 Å². The summed E-state index contributed by atoms with van der Waals surface area (Å²) in [5.74, 6) is -1.48. The topological polar surface area (TPSA) is 60.4 Å². The number of rotatable bonds is 2. The first-order chi connectivity index (χ1) is 6.46. The van der Waals surface area contributed by atoms with Crippen LogP contribution >= 0.6 is 0 Å². The Morgan fingerprint density at radius 3 is 2.36 bits per heavy atom. The number of sulfone groups is 1. The lowest BCUT2D eigenvalue weighted by Gasteiger charge is -2.23. The first kappa shape index (κ1) is 11.4. The molecule has 1 atom stereocenters. The van der Waals surface area contributed by atoms with Gasteiger partial charge in [0.1, 0.15) is 9.84 Å².